The van der Waals surface area contributed by atoms with Gasteiger partial charge < -0.3 is 14.6 Å². The summed E-state index contributed by atoms with van der Waals surface area (Å²) in [5.74, 6) is 0.445. The van der Waals surface area contributed by atoms with Gasteiger partial charge in [-0.05, 0) is 18.3 Å². The third-order valence-electron chi connectivity index (χ3n) is 4.23. The van der Waals surface area contributed by atoms with E-state index in [1.54, 1.807) is 6.08 Å². The van der Waals surface area contributed by atoms with Crippen molar-refractivity contribution in [2.75, 3.05) is 0 Å². The molecule has 104 valence electrons. The zero-order valence-electron chi connectivity index (χ0n) is 11.8. The van der Waals surface area contributed by atoms with Crippen LogP contribution in [0.15, 0.2) is 12.7 Å². The number of rotatable bonds is 2. The lowest BCUT2D eigenvalue weighted by molar-refractivity contribution is -0.333. The van der Waals surface area contributed by atoms with E-state index in [0.717, 1.165) is 12.8 Å². The molecule has 0 aromatic heterocycles. The Balaban J connectivity index is 2.12. The first kappa shape index (κ1) is 14.0. The Hall–Kier alpha value is -0.380. The lowest BCUT2D eigenvalue weighted by Crippen LogP contribution is -2.54. The van der Waals surface area contributed by atoms with Gasteiger partial charge in [0.25, 0.3) is 0 Å². The van der Waals surface area contributed by atoms with E-state index in [1.165, 1.54) is 0 Å². The van der Waals surface area contributed by atoms with E-state index in [0.29, 0.717) is 24.7 Å². The van der Waals surface area contributed by atoms with Crippen LogP contribution in [0.2, 0.25) is 0 Å². The van der Waals surface area contributed by atoms with Gasteiger partial charge >= 0.3 is 0 Å². The van der Waals surface area contributed by atoms with Crippen LogP contribution in [0.4, 0.5) is 0 Å². The van der Waals surface area contributed by atoms with Gasteiger partial charge in [0.2, 0.25) is 0 Å². The zero-order valence-corrected chi connectivity index (χ0v) is 11.8. The molecule has 2 heterocycles. The maximum Gasteiger partial charge on any atom is 0.171 e. The second-order valence-corrected chi connectivity index (χ2v) is 6.24. The van der Waals surface area contributed by atoms with Crippen LogP contribution in [0.25, 0.3) is 0 Å². The Morgan fingerprint density at radius 1 is 1.39 bits per heavy atom. The summed E-state index contributed by atoms with van der Waals surface area (Å²) in [7, 11) is 0. The van der Waals surface area contributed by atoms with Crippen molar-refractivity contribution >= 4 is 0 Å². The molecule has 5 atom stereocenters. The zero-order chi connectivity index (χ0) is 13.3. The molecule has 2 saturated heterocycles. The van der Waals surface area contributed by atoms with Crippen LogP contribution in [0.3, 0.4) is 0 Å². The molecule has 2 rings (SSSR count). The van der Waals surface area contributed by atoms with Gasteiger partial charge in [0.05, 0.1) is 18.3 Å². The highest BCUT2D eigenvalue weighted by atomic mass is 16.7. The third-order valence-corrected chi connectivity index (χ3v) is 4.23. The normalized spacial score (nSPS) is 45.4. The summed E-state index contributed by atoms with van der Waals surface area (Å²) in [4.78, 5) is 0. The van der Waals surface area contributed by atoms with Gasteiger partial charge in [0.1, 0.15) is 0 Å². The maximum absolute atomic E-state index is 10.0. The molecule has 1 N–H and O–H groups in total. The second-order valence-electron chi connectivity index (χ2n) is 6.24. The highest BCUT2D eigenvalue weighted by Crippen LogP contribution is 2.42. The van der Waals surface area contributed by atoms with Crippen molar-refractivity contribution in [3.63, 3.8) is 0 Å². The van der Waals surface area contributed by atoms with Crippen molar-refractivity contribution in [3.8, 4) is 0 Å². The summed E-state index contributed by atoms with van der Waals surface area (Å²) < 4.78 is 12.3. The molecule has 18 heavy (non-hydrogen) atoms. The summed E-state index contributed by atoms with van der Waals surface area (Å²) in [5.41, 5.74) is 0. The van der Waals surface area contributed by atoms with E-state index in [9.17, 15) is 5.11 Å². The minimum absolute atomic E-state index is 0.0880. The number of ether oxygens (including phenoxy) is 2. The smallest absolute Gasteiger partial charge is 0.171 e. The Bertz CT molecular complexity index is 302. The van der Waals surface area contributed by atoms with Crippen molar-refractivity contribution in [2.24, 2.45) is 11.8 Å². The first-order valence-electron chi connectivity index (χ1n) is 7.12. The Morgan fingerprint density at radius 2 is 2.11 bits per heavy atom. The second kappa shape index (κ2) is 5.32. The van der Waals surface area contributed by atoms with Crippen LogP contribution in [-0.4, -0.2) is 29.2 Å². The van der Waals surface area contributed by atoms with E-state index in [2.05, 4.69) is 27.4 Å². The number of hydrogen-bond donors (Lipinski definition) is 1. The molecule has 3 nitrogen and oxygen atoms in total. The highest BCUT2D eigenvalue weighted by molar-refractivity contribution is 4.94. The average molecular weight is 254 g/mol. The van der Waals surface area contributed by atoms with Gasteiger partial charge in [0, 0.05) is 19.3 Å². The molecule has 0 aromatic rings. The molecular weight excluding hydrogens is 228 g/mol. The molecular formula is C15H26O3. The van der Waals surface area contributed by atoms with Gasteiger partial charge in [-0.25, -0.2) is 0 Å². The van der Waals surface area contributed by atoms with Crippen molar-refractivity contribution in [1.29, 1.82) is 0 Å². The van der Waals surface area contributed by atoms with Crippen molar-refractivity contribution in [2.45, 2.75) is 70.6 Å². The topological polar surface area (TPSA) is 38.7 Å². The largest absolute Gasteiger partial charge is 0.393 e. The molecule has 0 saturated carbocycles. The number of aliphatic hydroxyl groups is 1. The van der Waals surface area contributed by atoms with Gasteiger partial charge in [-0.2, -0.15) is 0 Å². The first-order chi connectivity index (χ1) is 8.46. The fourth-order valence-corrected chi connectivity index (χ4v) is 3.29. The number of hydrogen-bond acceptors (Lipinski definition) is 3. The average Bonchev–Trinajstić information content (AvgIpc) is 2.31. The van der Waals surface area contributed by atoms with Crippen LogP contribution in [-0.2, 0) is 9.47 Å². The molecule has 0 radical (unpaired) electrons. The summed E-state index contributed by atoms with van der Waals surface area (Å²) in [6, 6.07) is 0. The molecule has 2 aliphatic heterocycles. The van der Waals surface area contributed by atoms with Crippen molar-refractivity contribution < 1.29 is 14.6 Å². The summed E-state index contributed by atoms with van der Waals surface area (Å²) >= 11 is 0. The summed E-state index contributed by atoms with van der Waals surface area (Å²) in [5, 5.41) is 10.0. The standard InChI is InChI=1S/C15H26O3/c1-5-13-8-12(16)9-15(17-13)7-6-11(4)14(18-15)10(2)3/h5,10-14,16H,1,6-9H2,2-4H3/t11-,12-,13+,14+,15?/m0/s1. The van der Waals surface area contributed by atoms with Crippen molar-refractivity contribution in [3.05, 3.63) is 12.7 Å². The molecule has 1 unspecified atom stereocenters. The summed E-state index contributed by atoms with van der Waals surface area (Å²) in [6.07, 6.45) is 4.75. The molecule has 3 heteroatoms. The fourth-order valence-electron chi connectivity index (χ4n) is 3.29. The Kier molecular flexibility index (Phi) is 4.15. The fraction of sp³-hybridized carbons (Fsp3) is 0.867. The molecule has 1 spiro atoms. The summed E-state index contributed by atoms with van der Waals surface area (Å²) in [6.45, 7) is 10.4. The minimum Gasteiger partial charge on any atom is -0.393 e. The maximum atomic E-state index is 10.0. The lowest BCUT2D eigenvalue weighted by Gasteiger charge is -2.49. The Labute approximate surface area is 110 Å². The third kappa shape index (κ3) is 2.79. The highest BCUT2D eigenvalue weighted by Gasteiger charge is 2.47. The minimum atomic E-state index is -0.585. The van der Waals surface area contributed by atoms with Crippen molar-refractivity contribution in [1.82, 2.24) is 0 Å². The predicted molar refractivity (Wildman–Crippen MR) is 71.2 cm³/mol. The van der Waals surface area contributed by atoms with E-state index in [1.807, 2.05) is 0 Å². The molecule has 0 aliphatic carbocycles. The van der Waals surface area contributed by atoms with Gasteiger partial charge in [-0.1, -0.05) is 26.8 Å². The molecule has 0 aromatic carbocycles. The van der Waals surface area contributed by atoms with Crippen LogP contribution in [0.1, 0.15) is 46.5 Å². The molecule has 0 bridgehead atoms. The lowest BCUT2D eigenvalue weighted by atomic mass is 9.83. The molecule has 2 fully saturated rings. The SMILES string of the molecule is C=C[C@@H]1C[C@H](O)CC2(CC[C@H](C)[C@@H](C(C)C)O2)O1. The first-order valence-corrected chi connectivity index (χ1v) is 7.12. The van der Waals surface area contributed by atoms with E-state index in [-0.39, 0.29) is 18.3 Å². The number of aliphatic hydroxyl groups excluding tert-OH is 1. The predicted octanol–water partition coefficient (Wildman–Crippen LogP) is 2.88. The van der Waals surface area contributed by atoms with Gasteiger partial charge in [-0.15, -0.1) is 6.58 Å². The quantitative estimate of drug-likeness (QED) is 0.770. The molecule has 2 aliphatic rings. The van der Waals surface area contributed by atoms with Crippen LogP contribution in [0, 0.1) is 11.8 Å². The van der Waals surface area contributed by atoms with E-state index >= 15 is 0 Å². The van der Waals surface area contributed by atoms with Gasteiger partial charge in [0.15, 0.2) is 5.79 Å². The van der Waals surface area contributed by atoms with Gasteiger partial charge in [-0.3, -0.25) is 0 Å². The van der Waals surface area contributed by atoms with Crippen LogP contribution < -0.4 is 0 Å². The van der Waals surface area contributed by atoms with Crippen LogP contribution >= 0.6 is 0 Å². The van der Waals surface area contributed by atoms with E-state index in [4.69, 9.17) is 9.47 Å². The molecule has 0 amide bonds. The monoisotopic (exact) mass is 254 g/mol. The van der Waals surface area contributed by atoms with Crippen LogP contribution in [0.5, 0.6) is 0 Å². The van der Waals surface area contributed by atoms with E-state index < -0.39 is 5.79 Å². The Morgan fingerprint density at radius 3 is 2.72 bits per heavy atom.